The summed E-state index contributed by atoms with van der Waals surface area (Å²) in [5.74, 6) is 0. The van der Waals surface area contributed by atoms with Crippen LogP contribution in [0, 0.1) is 0 Å². The topological polar surface area (TPSA) is 87.4 Å². The average Bonchev–Trinajstić information content (AvgIpc) is 2.17. The third kappa shape index (κ3) is 4.47. The number of nitrogens with one attached hydrogen (secondary N) is 1. The Morgan fingerprint density at radius 2 is 2.06 bits per heavy atom. The predicted molar refractivity (Wildman–Crippen MR) is 62.1 cm³/mol. The van der Waals surface area contributed by atoms with E-state index in [0.717, 1.165) is 12.8 Å². The van der Waals surface area contributed by atoms with Gasteiger partial charge in [0.15, 0.2) is 0 Å². The van der Waals surface area contributed by atoms with Crippen LogP contribution < -0.4 is 11.1 Å². The van der Waals surface area contributed by atoms with Gasteiger partial charge in [0.05, 0.1) is 11.4 Å². The zero-order valence-corrected chi connectivity index (χ0v) is 10.7. The molecule has 5 nitrogen and oxygen atoms in total. The fourth-order valence-electron chi connectivity index (χ4n) is 2.01. The second kappa shape index (κ2) is 6.07. The summed E-state index contributed by atoms with van der Waals surface area (Å²) < 4.78 is 25.6. The molecule has 0 aromatic rings. The van der Waals surface area contributed by atoms with E-state index in [-0.39, 0.29) is 6.04 Å². The van der Waals surface area contributed by atoms with Crippen molar-refractivity contribution >= 4 is 11.4 Å². The first-order valence-corrected chi connectivity index (χ1v) is 6.75. The Hall–Kier alpha value is -0.0100. The summed E-state index contributed by atoms with van der Waals surface area (Å²) in [6.45, 7) is 3.42. The van der Waals surface area contributed by atoms with Crippen LogP contribution in [-0.2, 0) is 15.5 Å². The first-order chi connectivity index (χ1) is 7.42. The Labute approximate surface area is 99.6 Å². The Kier molecular flexibility index (Phi) is 5.33. The summed E-state index contributed by atoms with van der Waals surface area (Å²) in [5, 5.41) is 3.34. The van der Waals surface area contributed by atoms with Crippen LogP contribution in [0.3, 0.4) is 0 Å². The molecule has 0 aromatic heterocycles. The van der Waals surface area contributed by atoms with E-state index in [9.17, 15) is 8.76 Å². The molecule has 3 N–H and O–H groups in total. The zero-order chi connectivity index (χ0) is 12.2. The van der Waals surface area contributed by atoms with Gasteiger partial charge in [0.1, 0.15) is 5.72 Å². The lowest BCUT2D eigenvalue weighted by molar-refractivity contribution is 0.0553. The van der Waals surface area contributed by atoms with Gasteiger partial charge < -0.3 is 15.6 Å². The van der Waals surface area contributed by atoms with Crippen LogP contribution >= 0.6 is 0 Å². The molecule has 1 aliphatic carbocycles. The lowest BCUT2D eigenvalue weighted by Gasteiger charge is -2.36. The molecule has 1 aliphatic rings. The standard InChI is InChI=1S/C10H22N2O3S/c1-8(10(2,11)15-16(13)14)12-9-6-4-3-5-7-9/h8-9,12H,3-7,11H2,1-2H3,(H,13,14)/p-1. The smallest absolute Gasteiger partial charge is 0.144 e. The third-order valence-corrected chi connectivity index (χ3v) is 3.69. The molecule has 0 spiro atoms. The van der Waals surface area contributed by atoms with Crippen LogP contribution in [0.25, 0.3) is 0 Å². The van der Waals surface area contributed by atoms with Crippen molar-refractivity contribution in [2.75, 3.05) is 0 Å². The van der Waals surface area contributed by atoms with E-state index in [1.165, 1.54) is 19.3 Å². The van der Waals surface area contributed by atoms with Gasteiger partial charge in [-0.2, -0.15) is 0 Å². The summed E-state index contributed by atoms with van der Waals surface area (Å²) in [6, 6.07) is 0.226. The minimum Gasteiger partial charge on any atom is -0.750 e. The number of rotatable bonds is 5. The van der Waals surface area contributed by atoms with Crippen molar-refractivity contribution in [2.24, 2.45) is 5.73 Å². The Balaban J connectivity index is 2.42. The van der Waals surface area contributed by atoms with E-state index < -0.39 is 17.1 Å². The molecule has 96 valence electrons. The molecule has 3 atom stereocenters. The molecule has 3 unspecified atom stereocenters. The maximum absolute atomic E-state index is 10.5. The molecule has 6 heteroatoms. The first-order valence-electron chi connectivity index (χ1n) is 5.75. The Morgan fingerprint density at radius 1 is 1.50 bits per heavy atom. The van der Waals surface area contributed by atoms with Crippen LogP contribution in [-0.4, -0.2) is 26.6 Å². The second-order valence-electron chi connectivity index (χ2n) is 4.69. The molecule has 0 bridgehead atoms. The normalized spacial score (nSPS) is 26.0. The van der Waals surface area contributed by atoms with E-state index in [4.69, 9.17) is 5.73 Å². The molecule has 16 heavy (non-hydrogen) atoms. The van der Waals surface area contributed by atoms with Crippen molar-refractivity contribution in [1.82, 2.24) is 5.32 Å². The molecule has 0 saturated heterocycles. The third-order valence-electron chi connectivity index (χ3n) is 3.20. The van der Waals surface area contributed by atoms with Crippen LogP contribution in [0.4, 0.5) is 0 Å². The van der Waals surface area contributed by atoms with Gasteiger partial charge in [-0.3, -0.25) is 4.18 Å². The van der Waals surface area contributed by atoms with Gasteiger partial charge in [0.2, 0.25) is 0 Å². The van der Waals surface area contributed by atoms with Crippen LogP contribution in [0.5, 0.6) is 0 Å². The second-order valence-corrected chi connectivity index (χ2v) is 5.27. The fourth-order valence-corrected chi connectivity index (χ4v) is 2.44. The van der Waals surface area contributed by atoms with Crippen molar-refractivity contribution in [1.29, 1.82) is 0 Å². The summed E-state index contributed by atoms with van der Waals surface area (Å²) in [6.07, 6.45) is 5.98. The molecular weight excluding hydrogens is 228 g/mol. The lowest BCUT2D eigenvalue weighted by atomic mass is 9.94. The predicted octanol–water partition coefficient (Wildman–Crippen LogP) is 0.783. The fraction of sp³-hybridized carbons (Fsp3) is 1.00. The molecule has 0 heterocycles. The Morgan fingerprint density at radius 3 is 2.56 bits per heavy atom. The van der Waals surface area contributed by atoms with Crippen LogP contribution in [0.15, 0.2) is 0 Å². The minimum absolute atomic E-state index is 0.200. The SMILES string of the molecule is CC(NC1CCCCC1)C(C)(N)OS(=O)[O-]. The summed E-state index contributed by atoms with van der Waals surface area (Å²) in [7, 11) is 0. The van der Waals surface area contributed by atoms with E-state index in [2.05, 4.69) is 9.50 Å². The number of hydrogen-bond donors (Lipinski definition) is 2. The molecule has 1 saturated carbocycles. The summed E-state index contributed by atoms with van der Waals surface area (Å²) >= 11 is -2.58. The van der Waals surface area contributed by atoms with Gasteiger partial charge in [-0.25, -0.2) is 4.21 Å². The van der Waals surface area contributed by atoms with E-state index in [1.54, 1.807) is 6.92 Å². The van der Waals surface area contributed by atoms with Crippen molar-refractivity contribution in [3.63, 3.8) is 0 Å². The monoisotopic (exact) mass is 249 g/mol. The molecular formula is C10H21N2O3S-. The van der Waals surface area contributed by atoms with E-state index >= 15 is 0 Å². The highest BCUT2D eigenvalue weighted by Gasteiger charge is 2.30. The maximum Gasteiger partial charge on any atom is 0.144 e. The maximum atomic E-state index is 10.5. The van der Waals surface area contributed by atoms with Gasteiger partial charge in [0, 0.05) is 12.1 Å². The molecule has 0 aliphatic heterocycles. The minimum atomic E-state index is -2.58. The Bertz CT molecular complexity index is 242. The highest BCUT2D eigenvalue weighted by molar-refractivity contribution is 7.74. The highest BCUT2D eigenvalue weighted by atomic mass is 32.2. The summed E-state index contributed by atoms with van der Waals surface area (Å²) in [5.41, 5.74) is 4.61. The van der Waals surface area contributed by atoms with Crippen LogP contribution in [0.1, 0.15) is 46.0 Å². The molecule has 0 radical (unpaired) electrons. The van der Waals surface area contributed by atoms with E-state index in [0.29, 0.717) is 6.04 Å². The van der Waals surface area contributed by atoms with Crippen molar-refractivity contribution in [2.45, 2.75) is 63.8 Å². The first kappa shape index (κ1) is 14.1. The molecule has 0 amide bonds. The van der Waals surface area contributed by atoms with Gasteiger partial charge in [-0.1, -0.05) is 19.3 Å². The molecule has 0 aromatic carbocycles. The van der Waals surface area contributed by atoms with Gasteiger partial charge in [-0.05, 0) is 26.7 Å². The lowest BCUT2D eigenvalue weighted by Crippen LogP contribution is -2.58. The van der Waals surface area contributed by atoms with Crippen molar-refractivity contribution in [3.05, 3.63) is 0 Å². The van der Waals surface area contributed by atoms with Crippen molar-refractivity contribution in [3.8, 4) is 0 Å². The van der Waals surface area contributed by atoms with Crippen molar-refractivity contribution < 1.29 is 12.9 Å². The van der Waals surface area contributed by atoms with Crippen LogP contribution in [0.2, 0.25) is 0 Å². The quantitative estimate of drug-likeness (QED) is 0.555. The molecule has 1 fully saturated rings. The zero-order valence-electron chi connectivity index (χ0n) is 9.90. The average molecular weight is 249 g/mol. The highest BCUT2D eigenvalue weighted by Crippen LogP contribution is 2.19. The van der Waals surface area contributed by atoms with Gasteiger partial charge in [-0.15, -0.1) is 0 Å². The largest absolute Gasteiger partial charge is 0.750 e. The number of hydrogen-bond acceptors (Lipinski definition) is 5. The number of nitrogens with two attached hydrogens (primary N) is 1. The molecule has 1 rings (SSSR count). The summed E-state index contributed by atoms with van der Waals surface area (Å²) in [4.78, 5) is 0. The van der Waals surface area contributed by atoms with Gasteiger partial charge in [0.25, 0.3) is 0 Å². The van der Waals surface area contributed by atoms with E-state index in [1.807, 2.05) is 6.92 Å². The van der Waals surface area contributed by atoms with Gasteiger partial charge >= 0.3 is 0 Å².